The Balaban J connectivity index is 2.45. The minimum atomic E-state index is 1.02. The highest BCUT2D eigenvalue weighted by Gasteiger charge is 2.26. The topological polar surface area (TPSA) is 3.01 Å². The molecule has 0 aromatic carbocycles. The molecule has 0 spiro atoms. The average Bonchev–Trinajstić information content (AvgIpc) is 2.47. The molecule has 0 unspecified atom stereocenters. The minimum absolute atomic E-state index is 1.02. The van der Waals surface area contributed by atoms with E-state index in [0.717, 1.165) is 6.54 Å². The molecule has 1 aliphatic rings. The first-order valence-electron chi connectivity index (χ1n) is 3.17. The zero-order valence-electron chi connectivity index (χ0n) is 6.07. The predicted octanol–water partition coefficient (Wildman–Crippen LogP) is 1.20. The summed E-state index contributed by atoms with van der Waals surface area (Å²) in [5.74, 6) is 0. The highest BCUT2D eigenvalue weighted by Crippen LogP contribution is 2.00. The van der Waals surface area contributed by atoms with Crippen LogP contribution in [0, 0.1) is 0 Å². The molecular weight excluding hydrogens is 110 g/mol. The zero-order valence-corrected chi connectivity index (χ0v) is 6.07. The molecule has 0 N–H and O–H groups in total. The average molecular weight is 122 g/mol. The lowest BCUT2D eigenvalue weighted by Gasteiger charge is -1.82. The van der Waals surface area contributed by atoms with Crippen LogP contribution in [0.3, 0.4) is 0 Å². The summed E-state index contributed by atoms with van der Waals surface area (Å²) < 4.78 is 2.30. The molecule has 1 rings (SSSR count). The van der Waals surface area contributed by atoms with Crippen LogP contribution in [-0.4, -0.2) is 23.4 Å². The molecule has 1 aliphatic heterocycles. The van der Waals surface area contributed by atoms with E-state index in [0.29, 0.717) is 0 Å². The summed E-state index contributed by atoms with van der Waals surface area (Å²) >= 11 is 0. The third-order valence-electron chi connectivity index (χ3n) is 1.59. The fourth-order valence-electron chi connectivity index (χ4n) is 0.774. The van der Waals surface area contributed by atoms with Crippen molar-refractivity contribution in [2.24, 2.45) is 0 Å². The fourth-order valence-corrected chi connectivity index (χ4v) is 0.774. The van der Waals surface area contributed by atoms with E-state index in [1.165, 1.54) is 17.8 Å². The van der Waals surface area contributed by atoms with E-state index in [9.17, 15) is 0 Å². The van der Waals surface area contributed by atoms with Crippen LogP contribution in [-0.2, 0) is 0 Å². The smallest absolute Gasteiger partial charge is 0.217 e. The van der Waals surface area contributed by atoms with E-state index in [1.54, 1.807) is 0 Å². The highest BCUT2D eigenvalue weighted by molar-refractivity contribution is 5.85. The van der Waals surface area contributed by atoms with Gasteiger partial charge in [-0.25, -0.2) is 4.58 Å². The van der Waals surface area contributed by atoms with Gasteiger partial charge in [0.05, 0.1) is 0 Å². The summed E-state index contributed by atoms with van der Waals surface area (Å²) in [6.07, 6.45) is 0. The molecule has 0 saturated heterocycles. The van der Waals surface area contributed by atoms with Crippen LogP contribution < -0.4 is 0 Å². The molecule has 0 radical (unpaired) electrons. The summed E-state index contributed by atoms with van der Waals surface area (Å²) in [5, 5.41) is 0. The van der Waals surface area contributed by atoms with Crippen LogP contribution in [0.25, 0.3) is 0 Å². The van der Waals surface area contributed by atoms with Gasteiger partial charge in [-0.1, -0.05) is 6.58 Å². The Kier molecular flexibility index (Phi) is 1.54. The maximum Gasteiger partial charge on any atom is 0.221 e. The van der Waals surface area contributed by atoms with E-state index >= 15 is 0 Å². The van der Waals surface area contributed by atoms with Gasteiger partial charge in [0, 0.05) is 12.5 Å². The van der Waals surface area contributed by atoms with Crippen molar-refractivity contribution in [1.29, 1.82) is 0 Å². The van der Waals surface area contributed by atoms with E-state index < -0.39 is 0 Å². The Morgan fingerprint density at radius 2 is 2.44 bits per heavy atom. The van der Waals surface area contributed by atoms with Crippen molar-refractivity contribution >= 4 is 5.71 Å². The molecule has 0 aliphatic carbocycles. The van der Waals surface area contributed by atoms with Crippen molar-refractivity contribution < 1.29 is 4.58 Å². The van der Waals surface area contributed by atoms with Crippen molar-refractivity contribution in [1.82, 2.24) is 0 Å². The molecule has 1 heteroatoms. The van der Waals surface area contributed by atoms with E-state index in [-0.39, 0.29) is 0 Å². The zero-order chi connectivity index (χ0) is 6.85. The van der Waals surface area contributed by atoms with E-state index in [2.05, 4.69) is 30.7 Å². The standard InChI is InChI=1S/C8H12N/c1-4-7(2)5-9-6-8(9)3/h1,5-6H2,2-3H3/q+1. The number of nitrogens with zero attached hydrogens (tertiary/aromatic N) is 1. The number of hydrogen-bond donors (Lipinski definition) is 0. The van der Waals surface area contributed by atoms with Crippen molar-refractivity contribution in [3.63, 3.8) is 0 Å². The van der Waals surface area contributed by atoms with Crippen LogP contribution in [0.15, 0.2) is 17.9 Å². The third-order valence-corrected chi connectivity index (χ3v) is 1.59. The van der Waals surface area contributed by atoms with Gasteiger partial charge in [-0.15, -0.1) is 5.73 Å². The molecule has 0 amide bonds. The molecule has 1 nitrogen and oxygen atoms in total. The minimum Gasteiger partial charge on any atom is -0.217 e. The van der Waals surface area contributed by atoms with Gasteiger partial charge in [0.1, 0.15) is 0 Å². The highest BCUT2D eigenvalue weighted by atomic mass is 15.1. The molecule has 0 aromatic heterocycles. The lowest BCUT2D eigenvalue weighted by molar-refractivity contribution is -0.431. The molecule has 0 bridgehead atoms. The van der Waals surface area contributed by atoms with Crippen LogP contribution >= 0.6 is 0 Å². The van der Waals surface area contributed by atoms with Crippen molar-refractivity contribution in [2.45, 2.75) is 13.8 Å². The van der Waals surface area contributed by atoms with E-state index in [4.69, 9.17) is 0 Å². The largest absolute Gasteiger partial charge is 0.221 e. The Morgan fingerprint density at radius 3 is 2.78 bits per heavy atom. The number of hydrogen-bond acceptors (Lipinski definition) is 0. The Morgan fingerprint density at radius 1 is 1.89 bits per heavy atom. The number of rotatable bonds is 2. The normalized spacial score (nSPS) is 15.3. The molecule has 0 saturated carbocycles. The van der Waals surface area contributed by atoms with Gasteiger partial charge in [0.25, 0.3) is 0 Å². The maximum atomic E-state index is 3.57. The molecule has 0 aromatic rings. The van der Waals surface area contributed by atoms with Crippen LogP contribution in [0.5, 0.6) is 0 Å². The molecule has 9 heavy (non-hydrogen) atoms. The van der Waals surface area contributed by atoms with Gasteiger partial charge in [0.15, 0.2) is 6.54 Å². The molecule has 1 heterocycles. The summed E-state index contributed by atoms with van der Waals surface area (Å²) in [5.41, 5.74) is 5.57. The van der Waals surface area contributed by atoms with Gasteiger partial charge in [-0.05, 0) is 6.92 Å². The first-order chi connectivity index (χ1) is 4.24. The lowest BCUT2D eigenvalue weighted by Crippen LogP contribution is -1.94. The van der Waals surface area contributed by atoms with Gasteiger partial charge in [-0.2, -0.15) is 0 Å². The summed E-state index contributed by atoms with van der Waals surface area (Å²) in [6, 6.07) is 0. The Hall–Kier alpha value is -0.810. The molecule has 48 valence electrons. The second kappa shape index (κ2) is 2.20. The second-order valence-electron chi connectivity index (χ2n) is 2.55. The first kappa shape index (κ1) is 6.31. The maximum absolute atomic E-state index is 3.57. The van der Waals surface area contributed by atoms with Crippen LogP contribution in [0.1, 0.15) is 13.8 Å². The molecular formula is C8H12N+. The Bertz CT molecular complexity index is 205. The molecule has 0 fully saturated rings. The van der Waals surface area contributed by atoms with Crippen LogP contribution in [0.2, 0.25) is 0 Å². The van der Waals surface area contributed by atoms with Crippen molar-refractivity contribution in [3.05, 3.63) is 17.9 Å². The van der Waals surface area contributed by atoms with Gasteiger partial charge in [-0.3, -0.25) is 0 Å². The monoisotopic (exact) mass is 122 g/mol. The second-order valence-corrected chi connectivity index (χ2v) is 2.55. The van der Waals surface area contributed by atoms with E-state index in [1.807, 2.05) is 0 Å². The van der Waals surface area contributed by atoms with Gasteiger partial charge < -0.3 is 0 Å². The SMILES string of the molecule is C=C=C(C)C[N+]1=C(C)C1. The van der Waals surface area contributed by atoms with Crippen LogP contribution in [0.4, 0.5) is 0 Å². The van der Waals surface area contributed by atoms with Crippen molar-refractivity contribution in [2.75, 3.05) is 13.1 Å². The Labute approximate surface area is 56.0 Å². The van der Waals surface area contributed by atoms with Crippen molar-refractivity contribution in [3.8, 4) is 0 Å². The summed E-state index contributed by atoms with van der Waals surface area (Å²) in [4.78, 5) is 0. The fraction of sp³-hybridized carbons (Fsp3) is 0.500. The molecule has 0 atom stereocenters. The van der Waals surface area contributed by atoms with Gasteiger partial charge >= 0.3 is 0 Å². The summed E-state index contributed by atoms with van der Waals surface area (Å²) in [6.45, 7) is 9.96. The third kappa shape index (κ3) is 1.55. The van der Waals surface area contributed by atoms with Gasteiger partial charge in [0.2, 0.25) is 12.3 Å². The quantitative estimate of drug-likeness (QED) is 0.382. The predicted molar refractivity (Wildman–Crippen MR) is 39.0 cm³/mol. The first-order valence-corrected chi connectivity index (χ1v) is 3.17. The summed E-state index contributed by atoms with van der Waals surface area (Å²) in [7, 11) is 0. The lowest BCUT2D eigenvalue weighted by atomic mass is 10.3.